The minimum absolute atomic E-state index is 0.00676. The predicted octanol–water partition coefficient (Wildman–Crippen LogP) is 4.78. The highest BCUT2D eigenvalue weighted by molar-refractivity contribution is 7.89. The van der Waals surface area contributed by atoms with Gasteiger partial charge in [0, 0.05) is 37.4 Å². The summed E-state index contributed by atoms with van der Waals surface area (Å²) < 4.78 is 89.5. The van der Waals surface area contributed by atoms with Crippen LogP contribution in [0.15, 0.2) is 35.2 Å². The molecule has 2 saturated heterocycles. The van der Waals surface area contributed by atoms with E-state index in [1.165, 1.54) is 17.4 Å². The zero-order chi connectivity index (χ0) is 34.6. The predicted molar refractivity (Wildman–Crippen MR) is 174 cm³/mol. The summed E-state index contributed by atoms with van der Waals surface area (Å²) >= 11 is 1.35. The molecular formula is C33H39F3N4O7S2. The van der Waals surface area contributed by atoms with Crippen molar-refractivity contribution in [3.05, 3.63) is 53.3 Å². The highest BCUT2D eigenvalue weighted by Crippen LogP contribution is 2.47. The molecule has 7 rings (SSSR count). The minimum Gasteiger partial charge on any atom is -0.446 e. The lowest BCUT2D eigenvalue weighted by Gasteiger charge is -2.33. The number of benzene rings is 2. The van der Waals surface area contributed by atoms with Gasteiger partial charge >= 0.3 is 6.09 Å². The summed E-state index contributed by atoms with van der Waals surface area (Å²) in [6.07, 6.45) is -0.360. The molecule has 49 heavy (non-hydrogen) atoms. The zero-order valence-corrected chi connectivity index (χ0v) is 28.6. The Bertz CT molecular complexity index is 1800. The van der Waals surface area contributed by atoms with Crippen LogP contribution < -0.4 is 10.6 Å². The number of alkyl carbamates (subject to hydrolysis) is 1. The standard InChI is InChI=1S/C33H39F3N4O7S2/c1-16(2)13-40(49(43,44)20-5-6-25-29(12-20)48-32(38-25)37-18-3-4-18)14-27(41)26(9-17-7-23(34)30(36)24(35)8-17)39-33(42)47-28-11-19-10-21-22(28)15-45-31(21)46-19/h5-8,12,16,18-19,21-22,26-28,31,41H,3-4,9-11,13-15H2,1-2H3,(H,37,38)(H,39,42)/t19?,21?,22?,26-,27+,28?,31?/m0/s1. The van der Waals surface area contributed by atoms with Gasteiger partial charge in [-0.05, 0) is 67.5 Å². The smallest absolute Gasteiger partial charge is 0.407 e. The average molecular weight is 725 g/mol. The molecule has 266 valence electrons. The first kappa shape index (κ1) is 34.4. The number of aliphatic hydroxyl groups is 1. The number of rotatable bonds is 13. The lowest BCUT2D eigenvalue weighted by molar-refractivity contribution is -0.130. The van der Waals surface area contributed by atoms with Gasteiger partial charge in [-0.2, -0.15) is 4.31 Å². The Balaban J connectivity index is 1.12. The molecule has 7 atom stereocenters. The van der Waals surface area contributed by atoms with Gasteiger partial charge in [0.05, 0.1) is 40.0 Å². The van der Waals surface area contributed by atoms with E-state index in [0.717, 1.165) is 35.7 Å². The Morgan fingerprint density at radius 2 is 1.88 bits per heavy atom. The van der Waals surface area contributed by atoms with Gasteiger partial charge < -0.3 is 30.0 Å². The third-order valence-corrected chi connectivity index (χ3v) is 12.4. The number of nitrogens with zero attached hydrogens (tertiary/aromatic N) is 2. The van der Waals surface area contributed by atoms with Crippen molar-refractivity contribution in [1.29, 1.82) is 0 Å². The van der Waals surface area contributed by atoms with Crippen LogP contribution in [-0.2, 0) is 30.7 Å². The van der Waals surface area contributed by atoms with Crippen LogP contribution in [0.1, 0.15) is 45.1 Å². The number of aromatic nitrogens is 1. The molecule has 1 amide bonds. The maximum atomic E-state index is 14.2. The van der Waals surface area contributed by atoms with E-state index in [1.54, 1.807) is 12.1 Å². The first-order valence-corrected chi connectivity index (χ1v) is 18.8. The summed E-state index contributed by atoms with van der Waals surface area (Å²) in [5.74, 6) is -4.64. The van der Waals surface area contributed by atoms with Crippen molar-refractivity contribution in [3.8, 4) is 0 Å². The van der Waals surface area contributed by atoms with Crippen LogP contribution in [0.25, 0.3) is 10.2 Å². The number of carbonyl (C=O) groups excluding carboxylic acids is 1. The van der Waals surface area contributed by atoms with Gasteiger partial charge in [-0.15, -0.1) is 0 Å². The van der Waals surface area contributed by atoms with Crippen LogP contribution in [0.5, 0.6) is 0 Å². The molecule has 3 N–H and O–H groups in total. The summed E-state index contributed by atoms with van der Waals surface area (Å²) in [6, 6.07) is 5.31. The van der Waals surface area contributed by atoms with Crippen LogP contribution in [0.4, 0.5) is 23.1 Å². The highest BCUT2D eigenvalue weighted by atomic mass is 32.2. The summed E-state index contributed by atoms with van der Waals surface area (Å²) in [5.41, 5.74) is 0.600. The summed E-state index contributed by atoms with van der Waals surface area (Å²) in [6.45, 7) is 3.58. The maximum Gasteiger partial charge on any atom is 0.407 e. The fraction of sp³-hybridized carbons (Fsp3) is 0.576. The molecule has 2 aliphatic heterocycles. The number of halogens is 3. The van der Waals surface area contributed by atoms with E-state index in [1.807, 2.05) is 13.8 Å². The maximum absolute atomic E-state index is 14.2. The van der Waals surface area contributed by atoms with E-state index in [4.69, 9.17) is 14.2 Å². The van der Waals surface area contributed by atoms with Gasteiger partial charge in [-0.1, -0.05) is 25.2 Å². The van der Waals surface area contributed by atoms with Crippen molar-refractivity contribution in [3.63, 3.8) is 0 Å². The zero-order valence-electron chi connectivity index (χ0n) is 27.0. The van der Waals surface area contributed by atoms with Crippen LogP contribution in [0.3, 0.4) is 0 Å². The van der Waals surface area contributed by atoms with Gasteiger partial charge in [0.2, 0.25) is 10.0 Å². The van der Waals surface area contributed by atoms with Gasteiger partial charge in [-0.25, -0.2) is 31.4 Å². The number of amides is 1. The van der Waals surface area contributed by atoms with Crippen LogP contribution >= 0.6 is 11.3 Å². The molecule has 0 spiro atoms. The number of sulfonamides is 1. The molecule has 4 aliphatic rings. The van der Waals surface area contributed by atoms with Crippen LogP contribution in [-0.4, -0.2) is 85.3 Å². The highest BCUT2D eigenvalue weighted by Gasteiger charge is 2.54. The molecule has 2 aromatic carbocycles. The Labute approximate surface area is 286 Å². The summed E-state index contributed by atoms with van der Waals surface area (Å²) in [4.78, 5) is 17.9. The number of thiazole rings is 1. The second-order valence-corrected chi connectivity index (χ2v) is 16.9. The van der Waals surface area contributed by atoms with E-state index in [-0.39, 0.29) is 53.6 Å². The third-order valence-electron chi connectivity index (χ3n) is 9.57. The Kier molecular flexibility index (Phi) is 9.56. The number of carbonyl (C=O) groups is 1. The number of hydrogen-bond acceptors (Lipinski definition) is 10. The lowest BCUT2D eigenvalue weighted by atomic mass is 9.79. The van der Waals surface area contributed by atoms with Gasteiger partial charge in [0.25, 0.3) is 0 Å². The third kappa shape index (κ3) is 7.40. The number of anilines is 1. The van der Waals surface area contributed by atoms with Crippen LogP contribution in [0, 0.1) is 35.2 Å². The second kappa shape index (κ2) is 13.6. The normalized spacial score (nSPS) is 26.0. The molecular weight excluding hydrogens is 686 g/mol. The van der Waals surface area contributed by atoms with Gasteiger partial charge in [0.1, 0.15) is 6.10 Å². The van der Waals surface area contributed by atoms with E-state index in [0.29, 0.717) is 34.4 Å². The Morgan fingerprint density at radius 3 is 2.59 bits per heavy atom. The SMILES string of the molecule is CC(C)CN(C[C@@H](O)[C@H](Cc1cc(F)c(F)c(F)c1)NC(=O)OC1CC2CC3C(OCC13)O2)S(=O)(=O)c1ccc2nc(NC3CC3)sc2c1. The molecule has 2 bridgehead atoms. The molecule has 3 heterocycles. The molecule has 3 aromatic rings. The first-order valence-electron chi connectivity index (χ1n) is 16.6. The minimum atomic E-state index is -4.18. The van der Waals surface area contributed by atoms with Gasteiger partial charge in [0.15, 0.2) is 28.9 Å². The lowest BCUT2D eigenvalue weighted by Crippen LogP contribution is -2.52. The fourth-order valence-corrected chi connectivity index (χ4v) is 9.72. The van der Waals surface area contributed by atoms with Crippen molar-refractivity contribution < 1.29 is 45.7 Å². The van der Waals surface area contributed by atoms with Crippen molar-refractivity contribution in [2.24, 2.45) is 17.8 Å². The molecule has 0 radical (unpaired) electrons. The largest absolute Gasteiger partial charge is 0.446 e. The Hall–Kier alpha value is -3.02. The number of fused-ring (bicyclic) bond motifs is 2. The summed E-state index contributed by atoms with van der Waals surface area (Å²) in [5, 5.41) is 18.2. The summed E-state index contributed by atoms with van der Waals surface area (Å²) in [7, 11) is -4.18. The number of aliphatic hydroxyl groups excluding tert-OH is 1. The van der Waals surface area contributed by atoms with Crippen molar-refractivity contribution in [2.75, 3.05) is 25.0 Å². The number of ether oxygens (including phenoxy) is 3. The van der Waals surface area contributed by atoms with Crippen LogP contribution in [0.2, 0.25) is 0 Å². The molecule has 2 aliphatic carbocycles. The van der Waals surface area contributed by atoms with Crippen molar-refractivity contribution in [2.45, 2.75) is 87.5 Å². The average Bonchev–Trinajstić information content (AvgIpc) is 3.45. The number of nitrogens with one attached hydrogen (secondary N) is 2. The van der Waals surface area contributed by atoms with E-state index < -0.39 is 58.4 Å². The fourth-order valence-electron chi connectivity index (χ4n) is 7.01. The quantitative estimate of drug-likeness (QED) is 0.213. The molecule has 4 fully saturated rings. The topological polar surface area (TPSA) is 139 Å². The van der Waals surface area contributed by atoms with Gasteiger partial charge in [-0.3, -0.25) is 0 Å². The first-order chi connectivity index (χ1) is 23.3. The van der Waals surface area contributed by atoms with E-state index in [9.17, 15) is 31.5 Å². The van der Waals surface area contributed by atoms with Crippen molar-refractivity contribution in [1.82, 2.24) is 14.6 Å². The molecule has 2 saturated carbocycles. The molecule has 1 aromatic heterocycles. The monoisotopic (exact) mass is 724 g/mol. The number of hydrogen-bond donors (Lipinski definition) is 3. The van der Waals surface area contributed by atoms with E-state index in [2.05, 4.69) is 15.6 Å². The van der Waals surface area contributed by atoms with Crippen molar-refractivity contribution >= 4 is 42.8 Å². The molecule has 16 heteroatoms. The Morgan fingerprint density at radius 1 is 1.12 bits per heavy atom. The molecule has 11 nitrogen and oxygen atoms in total. The second-order valence-electron chi connectivity index (χ2n) is 13.9. The van der Waals surface area contributed by atoms with E-state index >= 15 is 0 Å². The molecule has 5 unspecified atom stereocenters.